The van der Waals surface area contributed by atoms with Crippen LogP contribution in [0.15, 0.2) is 82.0 Å². The summed E-state index contributed by atoms with van der Waals surface area (Å²) in [6, 6.07) is 20.1. The third-order valence-corrected chi connectivity index (χ3v) is 4.94. The Labute approximate surface area is 188 Å². The van der Waals surface area contributed by atoms with Crippen LogP contribution in [0.3, 0.4) is 0 Å². The van der Waals surface area contributed by atoms with E-state index >= 15 is 0 Å². The van der Waals surface area contributed by atoms with Gasteiger partial charge in [0, 0.05) is 23.1 Å². The molecule has 0 bridgehead atoms. The maximum atomic E-state index is 12.9. The molecule has 0 spiro atoms. The Hall–Kier alpha value is -4.59. The SMILES string of the molecule is COc1cc(NC(=O)c2cc3ccccc3oc2=O)c(OC)cc1NC(=O)c1ccccc1. The summed E-state index contributed by atoms with van der Waals surface area (Å²) in [4.78, 5) is 37.7. The largest absolute Gasteiger partial charge is 0.494 e. The molecule has 2 amide bonds. The second-order valence-electron chi connectivity index (χ2n) is 7.01. The number of rotatable bonds is 6. The quantitative estimate of drug-likeness (QED) is 0.429. The fourth-order valence-corrected chi connectivity index (χ4v) is 3.29. The van der Waals surface area contributed by atoms with Crippen LogP contribution in [-0.2, 0) is 0 Å². The average molecular weight is 444 g/mol. The van der Waals surface area contributed by atoms with Crippen LogP contribution in [0.4, 0.5) is 11.4 Å². The molecule has 0 aliphatic rings. The van der Waals surface area contributed by atoms with Gasteiger partial charge in [0.2, 0.25) is 0 Å². The van der Waals surface area contributed by atoms with Gasteiger partial charge in [-0.2, -0.15) is 0 Å². The first kappa shape index (κ1) is 21.6. The molecule has 0 fully saturated rings. The van der Waals surface area contributed by atoms with Crippen LogP contribution >= 0.6 is 0 Å². The Morgan fingerprint density at radius 3 is 1.97 bits per heavy atom. The van der Waals surface area contributed by atoms with Crippen molar-refractivity contribution in [2.45, 2.75) is 0 Å². The third kappa shape index (κ3) is 4.54. The fraction of sp³-hybridized carbons (Fsp3) is 0.0800. The van der Waals surface area contributed by atoms with Gasteiger partial charge in [-0.25, -0.2) is 4.79 Å². The Balaban J connectivity index is 1.64. The van der Waals surface area contributed by atoms with Crippen molar-refractivity contribution in [3.05, 3.63) is 94.3 Å². The van der Waals surface area contributed by atoms with Gasteiger partial charge in [-0.3, -0.25) is 9.59 Å². The van der Waals surface area contributed by atoms with E-state index in [1.54, 1.807) is 48.5 Å². The first-order valence-electron chi connectivity index (χ1n) is 9.97. The smallest absolute Gasteiger partial charge is 0.349 e. The van der Waals surface area contributed by atoms with Gasteiger partial charge >= 0.3 is 5.63 Å². The normalized spacial score (nSPS) is 10.5. The van der Waals surface area contributed by atoms with Crippen molar-refractivity contribution < 1.29 is 23.5 Å². The molecule has 1 heterocycles. The zero-order valence-electron chi connectivity index (χ0n) is 17.9. The highest BCUT2D eigenvalue weighted by Crippen LogP contribution is 2.37. The zero-order valence-corrected chi connectivity index (χ0v) is 17.9. The lowest BCUT2D eigenvalue weighted by Crippen LogP contribution is -2.21. The summed E-state index contributed by atoms with van der Waals surface area (Å²) in [7, 11) is 2.86. The van der Waals surface area contributed by atoms with Gasteiger partial charge in [-0.1, -0.05) is 36.4 Å². The van der Waals surface area contributed by atoms with Crippen LogP contribution in [0, 0.1) is 0 Å². The lowest BCUT2D eigenvalue weighted by atomic mass is 10.1. The minimum absolute atomic E-state index is 0.156. The maximum absolute atomic E-state index is 12.9. The number of hydrogen-bond acceptors (Lipinski definition) is 6. The molecule has 4 aromatic rings. The van der Waals surface area contributed by atoms with Crippen molar-refractivity contribution in [3.8, 4) is 11.5 Å². The molecule has 0 radical (unpaired) electrons. The van der Waals surface area contributed by atoms with Crippen LogP contribution < -0.4 is 25.7 Å². The lowest BCUT2D eigenvalue weighted by Gasteiger charge is -2.16. The molecule has 2 N–H and O–H groups in total. The molecule has 0 atom stereocenters. The van der Waals surface area contributed by atoms with E-state index in [1.165, 1.54) is 32.4 Å². The Morgan fingerprint density at radius 2 is 1.33 bits per heavy atom. The topological polar surface area (TPSA) is 107 Å². The summed E-state index contributed by atoms with van der Waals surface area (Å²) < 4.78 is 16.0. The van der Waals surface area contributed by atoms with Crippen molar-refractivity contribution in [2.24, 2.45) is 0 Å². The minimum Gasteiger partial charge on any atom is -0.494 e. The first-order valence-corrected chi connectivity index (χ1v) is 9.97. The molecule has 0 unspecified atom stereocenters. The van der Waals surface area contributed by atoms with E-state index in [-0.39, 0.29) is 22.9 Å². The lowest BCUT2D eigenvalue weighted by molar-refractivity contribution is 0.101. The number of carbonyl (C=O) groups is 2. The molecular formula is C25H20N2O6. The monoisotopic (exact) mass is 444 g/mol. The number of methoxy groups -OCH3 is 2. The number of anilines is 2. The molecule has 0 aliphatic heterocycles. The van der Waals surface area contributed by atoms with Crippen LogP contribution in [0.25, 0.3) is 11.0 Å². The van der Waals surface area contributed by atoms with Crippen molar-refractivity contribution in [3.63, 3.8) is 0 Å². The summed E-state index contributed by atoms with van der Waals surface area (Å²) >= 11 is 0. The van der Waals surface area contributed by atoms with Gasteiger partial charge in [-0.05, 0) is 24.3 Å². The van der Waals surface area contributed by atoms with Crippen LogP contribution in [-0.4, -0.2) is 26.0 Å². The zero-order chi connectivity index (χ0) is 23.4. The number of amides is 2. The van der Waals surface area contributed by atoms with Crippen LogP contribution in [0.5, 0.6) is 11.5 Å². The van der Waals surface area contributed by atoms with Crippen LogP contribution in [0.1, 0.15) is 20.7 Å². The molecule has 8 heteroatoms. The van der Waals surface area contributed by atoms with Gasteiger partial charge in [0.25, 0.3) is 11.8 Å². The standard InChI is InChI=1S/C25H20N2O6/c1-31-21-14-19(22(32-2)13-18(21)26-23(28)15-8-4-3-5-9-15)27-24(29)17-12-16-10-6-7-11-20(16)33-25(17)30/h3-14H,1-2H3,(H,26,28)(H,27,29). The number of hydrogen-bond donors (Lipinski definition) is 2. The molecule has 3 aromatic carbocycles. The molecule has 166 valence electrons. The molecular weight excluding hydrogens is 424 g/mol. The van der Waals surface area contributed by atoms with Gasteiger partial charge in [-0.15, -0.1) is 0 Å². The van der Waals surface area contributed by atoms with Crippen molar-refractivity contribution >= 4 is 34.2 Å². The van der Waals surface area contributed by atoms with Gasteiger partial charge in [0.05, 0.1) is 25.6 Å². The van der Waals surface area contributed by atoms with Crippen molar-refractivity contribution in [1.82, 2.24) is 0 Å². The summed E-state index contributed by atoms with van der Waals surface area (Å²) in [6.45, 7) is 0. The second kappa shape index (κ2) is 9.27. The predicted octanol–water partition coefficient (Wildman–Crippen LogP) is 4.31. The minimum atomic E-state index is -0.760. The molecule has 0 aliphatic carbocycles. The second-order valence-corrected chi connectivity index (χ2v) is 7.01. The molecule has 8 nitrogen and oxygen atoms in total. The number of fused-ring (bicyclic) bond motifs is 1. The molecule has 0 saturated carbocycles. The summed E-state index contributed by atoms with van der Waals surface area (Å²) in [5.41, 5.74) is 0.548. The Morgan fingerprint density at radius 1 is 0.758 bits per heavy atom. The number of benzene rings is 3. The van der Waals surface area contributed by atoms with Gasteiger partial charge in [0.1, 0.15) is 22.6 Å². The highest BCUT2D eigenvalue weighted by Gasteiger charge is 2.19. The van der Waals surface area contributed by atoms with E-state index in [0.29, 0.717) is 28.0 Å². The highest BCUT2D eigenvalue weighted by molar-refractivity contribution is 6.08. The summed E-state index contributed by atoms with van der Waals surface area (Å²) in [5.74, 6) is -0.448. The maximum Gasteiger partial charge on any atom is 0.349 e. The summed E-state index contributed by atoms with van der Waals surface area (Å²) in [5, 5.41) is 6.04. The highest BCUT2D eigenvalue weighted by atomic mass is 16.5. The number of nitrogens with one attached hydrogen (secondary N) is 2. The van der Waals surface area contributed by atoms with E-state index in [9.17, 15) is 14.4 Å². The van der Waals surface area contributed by atoms with Crippen LogP contribution in [0.2, 0.25) is 0 Å². The number of ether oxygens (including phenoxy) is 2. The molecule has 4 rings (SSSR count). The average Bonchev–Trinajstić information content (AvgIpc) is 2.84. The predicted molar refractivity (Wildman–Crippen MR) is 124 cm³/mol. The molecule has 0 saturated heterocycles. The number of para-hydroxylation sites is 1. The van der Waals surface area contributed by atoms with E-state index < -0.39 is 11.5 Å². The van der Waals surface area contributed by atoms with Gasteiger partial charge in [0.15, 0.2) is 0 Å². The van der Waals surface area contributed by atoms with Crippen molar-refractivity contribution in [1.29, 1.82) is 0 Å². The van der Waals surface area contributed by atoms with E-state index in [0.717, 1.165) is 0 Å². The van der Waals surface area contributed by atoms with Gasteiger partial charge < -0.3 is 24.5 Å². The Kier molecular flexibility index (Phi) is 6.08. The van der Waals surface area contributed by atoms with E-state index in [1.807, 2.05) is 6.07 Å². The van der Waals surface area contributed by atoms with E-state index in [2.05, 4.69) is 10.6 Å². The Bertz CT molecular complexity index is 1400. The van der Waals surface area contributed by atoms with E-state index in [4.69, 9.17) is 13.9 Å². The molecule has 33 heavy (non-hydrogen) atoms. The number of carbonyl (C=O) groups excluding carboxylic acids is 2. The fourth-order valence-electron chi connectivity index (χ4n) is 3.29. The first-order chi connectivity index (χ1) is 16.0. The third-order valence-electron chi connectivity index (χ3n) is 4.94. The summed E-state index contributed by atoms with van der Waals surface area (Å²) in [6.07, 6.45) is 0. The van der Waals surface area contributed by atoms with Crippen molar-refractivity contribution in [2.75, 3.05) is 24.9 Å². The molecule has 1 aromatic heterocycles.